The number of halogens is 1. The van der Waals surface area contributed by atoms with Crippen molar-refractivity contribution in [3.63, 3.8) is 0 Å². The molecule has 5 heteroatoms. The number of carbonyl (C=O) groups is 1. The monoisotopic (exact) mass is 207 g/mol. The molecule has 0 aromatic rings. The van der Waals surface area contributed by atoms with Gasteiger partial charge in [0.15, 0.2) is 0 Å². The lowest BCUT2D eigenvalue weighted by molar-refractivity contribution is -0.143. The first-order chi connectivity index (χ1) is 6.34. The Morgan fingerprint density at radius 1 is 1.54 bits per heavy atom. The predicted molar refractivity (Wildman–Crippen MR) is 48.9 cm³/mol. The lowest BCUT2D eigenvalue weighted by atomic mass is 10.4. The van der Waals surface area contributed by atoms with E-state index in [9.17, 15) is 4.79 Å². The maximum absolute atomic E-state index is 11.2. The maximum atomic E-state index is 11.2. The molecule has 0 aromatic heterocycles. The number of carbonyl (C=O) groups excluding carboxylic acids is 1. The van der Waals surface area contributed by atoms with Crippen LogP contribution in [-0.2, 0) is 14.3 Å². The second kappa shape index (κ2) is 6.18. The Hall–Kier alpha value is -0.320. The van der Waals surface area contributed by atoms with Crippen LogP contribution >= 0.6 is 11.6 Å². The van der Waals surface area contributed by atoms with E-state index >= 15 is 0 Å². The van der Waals surface area contributed by atoms with Crippen molar-refractivity contribution in [1.82, 2.24) is 4.90 Å². The molecule has 1 saturated heterocycles. The SMILES string of the molecule is O=C1COCCN1CCOCCCl. The quantitative estimate of drug-likeness (QED) is 0.474. The molecule has 1 aliphatic rings. The van der Waals surface area contributed by atoms with Gasteiger partial charge in [-0.3, -0.25) is 4.79 Å². The van der Waals surface area contributed by atoms with E-state index in [1.54, 1.807) is 4.90 Å². The number of hydrogen-bond acceptors (Lipinski definition) is 3. The Kier molecular flexibility index (Phi) is 5.12. The van der Waals surface area contributed by atoms with Crippen LogP contribution in [0, 0.1) is 0 Å². The third-order valence-electron chi connectivity index (χ3n) is 1.81. The molecule has 0 atom stereocenters. The first-order valence-corrected chi connectivity index (χ1v) is 4.87. The summed E-state index contributed by atoms with van der Waals surface area (Å²) in [6.07, 6.45) is 0. The number of alkyl halides is 1. The van der Waals surface area contributed by atoms with E-state index in [2.05, 4.69) is 0 Å². The van der Waals surface area contributed by atoms with Gasteiger partial charge in [0.25, 0.3) is 0 Å². The zero-order chi connectivity index (χ0) is 9.52. The highest BCUT2D eigenvalue weighted by Gasteiger charge is 2.17. The minimum atomic E-state index is 0.0423. The Bertz CT molecular complexity index is 165. The van der Waals surface area contributed by atoms with Crippen molar-refractivity contribution in [1.29, 1.82) is 0 Å². The van der Waals surface area contributed by atoms with Crippen LogP contribution in [0.25, 0.3) is 0 Å². The fourth-order valence-electron chi connectivity index (χ4n) is 1.12. The minimum Gasteiger partial charge on any atom is -0.378 e. The number of ether oxygens (including phenoxy) is 2. The lowest BCUT2D eigenvalue weighted by Gasteiger charge is -2.26. The van der Waals surface area contributed by atoms with Crippen LogP contribution in [0.2, 0.25) is 0 Å². The summed E-state index contributed by atoms with van der Waals surface area (Å²) in [5, 5.41) is 0. The topological polar surface area (TPSA) is 38.8 Å². The van der Waals surface area contributed by atoms with Crippen molar-refractivity contribution in [3.05, 3.63) is 0 Å². The zero-order valence-corrected chi connectivity index (χ0v) is 8.26. The standard InChI is InChI=1S/C8H14ClNO3/c9-1-4-12-5-2-10-3-6-13-7-8(10)11/h1-7H2. The molecule has 1 heterocycles. The number of hydrogen-bond donors (Lipinski definition) is 0. The number of nitrogens with zero attached hydrogens (tertiary/aromatic N) is 1. The predicted octanol–water partition coefficient (Wildman–Crippen LogP) is 0.101. The first kappa shape index (κ1) is 10.8. The minimum absolute atomic E-state index is 0.0423. The Balaban J connectivity index is 2.08. The summed E-state index contributed by atoms with van der Waals surface area (Å²) < 4.78 is 10.2. The van der Waals surface area contributed by atoms with E-state index in [-0.39, 0.29) is 12.5 Å². The van der Waals surface area contributed by atoms with E-state index in [0.29, 0.717) is 38.8 Å². The zero-order valence-electron chi connectivity index (χ0n) is 7.50. The Morgan fingerprint density at radius 2 is 2.38 bits per heavy atom. The summed E-state index contributed by atoms with van der Waals surface area (Å²) in [6.45, 7) is 3.23. The van der Waals surface area contributed by atoms with Gasteiger partial charge in [-0.05, 0) is 0 Å². The highest BCUT2D eigenvalue weighted by atomic mass is 35.5. The largest absolute Gasteiger partial charge is 0.378 e. The Morgan fingerprint density at radius 3 is 3.08 bits per heavy atom. The van der Waals surface area contributed by atoms with E-state index in [4.69, 9.17) is 21.1 Å². The second-order valence-electron chi connectivity index (χ2n) is 2.73. The van der Waals surface area contributed by atoms with Crippen molar-refractivity contribution in [2.24, 2.45) is 0 Å². The lowest BCUT2D eigenvalue weighted by Crippen LogP contribution is -2.43. The Labute approximate surface area is 82.7 Å². The maximum Gasteiger partial charge on any atom is 0.248 e. The fraction of sp³-hybridized carbons (Fsp3) is 0.875. The van der Waals surface area contributed by atoms with Gasteiger partial charge in [0, 0.05) is 19.0 Å². The molecule has 0 unspecified atom stereocenters. The second-order valence-corrected chi connectivity index (χ2v) is 3.11. The number of morpholine rings is 1. The summed E-state index contributed by atoms with van der Waals surface area (Å²) in [6, 6.07) is 0. The van der Waals surface area contributed by atoms with Gasteiger partial charge in [-0.2, -0.15) is 0 Å². The molecule has 4 nitrogen and oxygen atoms in total. The molecule has 0 radical (unpaired) electrons. The first-order valence-electron chi connectivity index (χ1n) is 4.34. The van der Waals surface area contributed by atoms with E-state index in [0.717, 1.165) is 0 Å². The molecule has 1 amide bonds. The molecule has 0 spiro atoms. The van der Waals surface area contributed by atoms with Crippen molar-refractivity contribution < 1.29 is 14.3 Å². The van der Waals surface area contributed by atoms with Gasteiger partial charge in [0.1, 0.15) is 6.61 Å². The van der Waals surface area contributed by atoms with Crippen LogP contribution in [-0.4, -0.2) is 56.2 Å². The van der Waals surface area contributed by atoms with E-state index in [1.165, 1.54) is 0 Å². The van der Waals surface area contributed by atoms with Gasteiger partial charge in [-0.1, -0.05) is 0 Å². The molecular formula is C8H14ClNO3. The molecular weight excluding hydrogens is 194 g/mol. The molecule has 13 heavy (non-hydrogen) atoms. The van der Waals surface area contributed by atoms with Crippen molar-refractivity contribution >= 4 is 17.5 Å². The highest BCUT2D eigenvalue weighted by molar-refractivity contribution is 6.17. The summed E-state index contributed by atoms with van der Waals surface area (Å²) in [7, 11) is 0. The highest BCUT2D eigenvalue weighted by Crippen LogP contribution is 1.97. The normalized spacial score (nSPS) is 17.9. The van der Waals surface area contributed by atoms with Gasteiger partial charge in [0.05, 0.1) is 19.8 Å². The number of rotatable bonds is 5. The molecule has 0 aromatic carbocycles. The summed E-state index contributed by atoms with van der Waals surface area (Å²) in [5.74, 6) is 0.539. The molecule has 1 aliphatic heterocycles. The van der Waals surface area contributed by atoms with Crippen LogP contribution < -0.4 is 0 Å². The van der Waals surface area contributed by atoms with Crippen LogP contribution in [0.15, 0.2) is 0 Å². The van der Waals surface area contributed by atoms with Gasteiger partial charge in [-0.25, -0.2) is 0 Å². The van der Waals surface area contributed by atoms with Crippen molar-refractivity contribution in [2.75, 3.05) is 45.4 Å². The van der Waals surface area contributed by atoms with Gasteiger partial charge >= 0.3 is 0 Å². The third-order valence-corrected chi connectivity index (χ3v) is 1.97. The van der Waals surface area contributed by atoms with Crippen LogP contribution in [0.1, 0.15) is 0 Å². The van der Waals surface area contributed by atoms with Crippen LogP contribution in [0.3, 0.4) is 0 Å². The molecule has 0 bridgehead atoms. The molecule has 1 fully saturated rings. The molecule has 76 valence electrons. The van der Waals surface area contributed by atoms with Gasteiger partial charge < -0.3 is 14.4 Å². The summed E-state index contributed by atoms with van der Waals surface area (Å²) in [4.78, 5) is 12.9. The smallest absolute Gasteiger partial charge is 0.248 e. The van der Waals surface area contributed by atoms with Crippen LogP contribution in [0.5, 0.6) is 0 Å². The molecule has 0 N–H and O–H groups in total. The fourth-order valence-corrected chi connectivity index (χ4v) is 1.23. The van der Waals surface area contributed by atoms with Crippen LogP contribution in [0.4, 0.5) is 0 Å². The third kappa shape index (κ3) is 3.93. The molecule has 0 saturated carbocycles. The molecule has 1 rings (SSSR count). The average molecular weight is 208 g/mol. The summed E-state index contributed by atoms with van der Waals surface area (Å²) in [5.41, 5.74) is 0. The van der Waals surface area contributed by atoms with Crippen molar-refractivity contribution in [2.45, 2.75) is 0 Å². The van der Waals surface area contributed by atoms with Gasteiger partial charge in [-0.15, -0.1) is 11.6 Å². The molecule has 0 aliphatic carbocycles. The average Bonchev–Trinajstić information content (AvgIpc) is 2.15. The summed E-state index contributed by atoms with van der Waals surface area (Å²) >= 11 is 5.43. The van der Waals surface area contributed by atoms with Gasteiger partial charge in [0.2, 0.25) is 5.91 Å². The number of amides is 1. The van der Waals surface area contributed by atoms with E-state index in [1.807, 2.05) is 0 Å². The van der Waals surface area contributed by atoms with Crippen molar-refractivity contribution in [3.8, 4) is 0 Å². The van der Waals surface area contributed by atoms with E-state index < -0.39 is 0 Å².